The summed E-state index contributed by atoms with van der Waals surface area (Å²) >= 11 is 4.12. The van der Waals surface area contributed by atoms with E-state index >= 15 is 0 Å². The van der Waals surface area contributed by atoms with Crippen molar-refractivity contribution in [2.24, 2.45) is 0 Å². The van der Waals surface area contributed by atoms with E-state index in [1.165, 1.54) is 25.7 Å². The lowest BCUT2D eigenvalue weighted by molar-refractivity contribution is 0.504. The first-order valence-electron chi connectivity index (χ1n) is 3.72. The first kappa shape index (κ1) is 9.35. The van der Waals surface area contributed by atoms with Crippen molar-refractivity contribution in [2.75, 3.05) is 0 Å². The lowest BCUT2D eigenvalue weighted by atomic mass is 10.0. The molecule has 1 saturated carbocycles. The second-order valence-corrected chi connectivity index (χ2v) is 4.93. The van der Waals surface area contributed by atoms with Gasteiger partial charge in [-0.3, -0.25) is 0 Å². The Morgan fingerprint density at radius 3 is 1.00 bits per heavy atom. The predicted molar refractivity (Wildman–Crippen MR) is 47.2 cm³/mol. The number of thiol groups is 1. The van der Waals surface area contributed by atoms with Gasteiger partial charge in [0.25, 0.3) is 0 Å². The quantitative estimate of drug-likeness (QED) is 0.498. The fourth-order valence-corrected chi connectivity index (χ4v) is 0.250. The van der Waals surface area contributed by atoms with Crippen molar-refractivity contribution in [3.05, 3.63) is 0 Å². The molecule has 0 saturated heterocycles. The molecule has 1 fully saturated rings. The number of hydrogen-bond acceptors (Lipinski definition) is 1. The topological polar surface area (TPSA) is 0 Å². The van der Waals surface area contributed by atoms with Crippen molar-refractivity contribution in [3.8, 4) is 0 Å². The van der Waals surface area contributed by atoms with Crippen LogP contribution >= 0.6 is 12.6 Å². The van der Waals surface area contributed by atoms with E-state index in [0.29, 0.717) is 0 Å². The van der Waals surface area contributed by atoms with Crippen LogP contribution in [0, 0.1) is 0 Å². The van der Waals surface area contributed by atoms with E-state index < -0.39 is 0 Å². The van der Waals surface area contributed by atoms with Gasteiger partial charge in [0.05, 0.1) is 0 Å². The zero-order valence-electron chi connectivity index (χ0n) is 6.78. The van der Waals surface area contributed by atoms with Gasteiger partial charge in [-0.15, -0.1) is 0 Å². The van der Waals surface area contributed by atoms with Crippen molar-refractivity contribution < 1.29 is 0 Å². The summed E-state index contributed by atoms with van der Waals surface area (Å²) in [6.07, 6.45) is 6.00. The van der Waals surface area contributed by atoms with Gasteiger partial charge in [-0.2, -0.15) is 12.6 Å². The second-order valence-electron chi connectivity index (χ2n) is 3.59. The van der Waals surface area contributed by atoms with E-state index in [1.807, 2.05) is 0 Å². The largest absolute Gasteiger partial charge is 0.173 e. The molecule has 0 bridgehead atoms. The van der Waals surface area contributed by atoms with Crippen molar-refractivity contribution in [3.63, 3.8) is 0 Å². The van der Waals surface area contributed by atoms with Crippen LogP contribution in [-0.4, -0.2) is 4.75 Å². The van der Waals surface area contributed by atoms with E-state index in [1.54, 1.807) is 0 Å². The lowest BCUT2D eigenvalue weighted by Gasteiger charge is -2.05. The molecule has 0 aromatic rings. The molecule has 9 heavy (non-hydrogen) atoms. The van der Waals surface area contributed by atoms with Crippen molar-refractivity contribution >= 4 is 12.6 Å². The fourth-order valence-electron chi connectivity index (χ4n) is 0.250. The minimum absolute atomic E-state index is 0.194. The normalized spacial score (nSPS) is 17.3. The standard InChI is InChI=1S/C4H10S.C4H8/c1-4(2,3)5;1-2-4-3-1/h5H,1-3H3;1-4H2. The monoisotopic (exact) mass is 146 g/mol. The van der Waals surface area contributed by atoms with Crippen molar-refractivity contribution in [1.29, 1.82) is 0 Å². The Balaban J connectivity index is 0.000000144. The third-order valence-corrected chi connectivity index (χ3v) is 1.000. The van der Waals surface area contributed by atoms with Crippen LogP contribution in [-0.2, 0) is 0 Å². The van der Waals surface area contributed by atoms with Gasteiger partial charge in [-0.1, -0.05) is 46.5 Å². The summed E-state index contributed by atoms with van der Waals surface area (Å²) in [7, 11) is 0. The van der Waals surface area contributed by atoms with Crippen molar-refractivity contribution in [2.45, 2.75) is 51.2 Å². The van der Waals surface area contributed by atoms with Crippen LogP contribution in [0.2, 0.25) is 0 Å². The molecular weight excluding hydrogens is 128 g/mol. The molecule has 0 N–H and O–H groups in total. The molecule has 1 rings (SSSR count). The second kappa shape index (κ2) is 4.21. The molecular formula is C8H18S. The summed E-state index contributed by atoms with van der Waals surface area (Å²) in [6, 6.07) is 0. The summed E-state index contributed by atoms with van der Waals surface area (Å²) in [5.74, 6) is 0. The number of hydrogen-bond donors (Lipinski definition) is 1. The summed E-state index contributed by atoms with van der Waals surface area (Å²) in [5.41, 5.74) is 0. The van der Waals surface area contributed by atoms with Crippen LogP contribution in [0.25, 0.3) is 0 Å². The Hall–Kier alpha value is 0.350. The third-order valence-electron chi connectivity index (χ3n) is 1.000. The molecule has 0 aliphatic heterocycles. The minimum atomic E-state index is 0.194. The maximum atomic E-state index is 4.12. The summed E-state index contributed by atoms with van der Waals surface area (Å²) in [6.45, 7) is 6.16. The van der Waals surface area contributed by atoms with E-state index in [9.17, 15) is 0 Å². The zero-order chi connectivity index (χ0) is 7.33. The Kier molecular flexibility index (Phi) is 4.37. The van der Waals surface area contributed by atoms with E-state index in [2.05, 4.69) is 33.4 Å². The van der Waals surface area contributed by atoms with Gasteiger partial charge in [0.1, 0.15) is 0 Å². The van der Waals surface area contributed by atoms with E-state index in [4.69, 9.17) is 0 Å². The molecule has 0 atom stereocenters. The van der Waals surface area contributed by atoms with Crippen LogP contribution in [0.1, 0.15) is 46.5 Å². The van der Waals surface area contributed by atoms with Gasteiger partial charge < -0.3 is 0 Å². The van der Waals surface area contributed by atoms with Gasteiger partial charge in [-0.05, 0) is 0 Å². The molecule has 1 aliphatic rings. The molecule has 0 spiro atoms. The summed E-state index contributed by atoms with van der Waals surface area (Å²) in [5, 5.41) is 0. The van der Waals surface area contributed by atoms with Crippen LogP contribution in [0.4, 0.5) is 0 Å². The smallest absolute Gasteiger partial charge is 0.00449 e. The fraction of sp³-hybridized carbons (Fsp3) is 1.00. The van der Waals surface area contributed by atoms with Gasteiger partial charge in [-0.25, -0.2) is 0 Å². The van der Waals surface area contributed by atoms with Gasteiger partial charge in [0.15, 0.2) is 0 Å². The molecule has 0 radical (unpaired) electrons. The van der Waals surface area contributed by atoms with Gasteiger partial charge in [0, 0.05) is 4.75 Å². The van der Waals surface area contributed by atoms with Crippen LogP contribution < -0.4 is 0 Å². The van der Waals surface area contributed by atoms with Crippen LogP contribution in [0.15, 0.2) is 0 Å². The Labute approximate surface area is 64.4 Å². The maximum Gasteiger partial charge on any atom is 0.00449 e. The third kappa shape index (κ3) is 17.8. The molecule has 0 nitrogen and oxygen atoms in total. The molecule has 1 heteroatoms. The van der Waals surface area contributed by atoms with E-state index in [0.717, 1.165) is 0 Å². The SMILES string of the molecule is C1CCC1.CC(C)(C)S. The predicted octanol–water partition coefficient (Wildman–Crippen LogP) is 3.28. The Bertz CT molecular complexity index is 47.5. The molecule has 0 unspecified atom stereocenters. The summed E-state index contributed by atoms with van der Waals surface area (Å²) in [4.78, 5) is 0. The van der Waals surface area contributed by atoms with Crippen LogP contribution in [0.5, 0.6) is 0 Å². The number of rotatable bonds is 0. The van der Waals surface area contributed by atoms with Crippen LogP contribution in [0.3, 0.4) is 0 Å². The highest BCUT2D eigenvalue weighted by Gasteiger charge is 1.96. The molecule has 0 aromatic carbocycles. The molecule has 0 aromatic heterocycles. The Morgan fingerprint density at radius 2 is 1.00 bits per heavy atom. The molecule has 0 amide bonds. The van der Waals surface area contributed by atoms with Gasteiger partial charge in [0.2, 0.25) is 0 Å². The average Bonchev–Trinajstić information content (AvgIpc) is 1.12. The van der Waals surface area contributed by atoms with Crippen molar-refractivity contribution in [1.82, 2.24) is 0 Å². The molecule has 56 valence electrons. The average molecular weight is 146 g/mol. The van der Waals surface area contributed by atoms with Gasteiger partial charge >= 0.3 is 0 Å². The molecule has 1 aliphatic carbocycles. The minimum Gasteiger partial charge on any atom is -0.173 e. The first-order chi connectivity index (χ1) is 4.00. The highest BCUT2D eigenvalue weighted by atomic mass is 32.1. The molecule has 0 heterocycles. The highest BCUT2D eigenvalue weighted by molar-refractivity contribution is 7.81. The highest BCUT2D eigenvalue weighted by Crippen LogP contribution is 2.15. The first-order valence-corrected chi connectivity index (χ1v) is 4.17. The maximum absolute atomic E-state index is 4.12. The summed E-state index contributed by atoms with van der Waals surface area (Å²) < 4.78 is 0.194. The lowest BCUT2D eigenvalue weighted by Crippen LogP contribution is -1.99. The zero-order valence-corrected chi connectivity index (χ0v) is 7.67. The Morgan fingerprint density at radius 1 is 0.889 bits per heavy atom. The van der Waals surface area contributed by atoms with E-state index in [-0.39, 0.29) is 4.75 Å².